The molecular formula is C21H18N2O2. The van der Waals surface area contributed by atoms with Gasteiger partial charge >= 0.3 is 0 Å². The van der Waals surface area contributed by atoms with Crippen LogP contribution in [0.1, 0.15) is 18.2 Å². The zero-order valence-corrected chi connectivity index (χ0v) is 14.2. The minimum Gasteiger partial charge on any atom is -0.497 e. The van der Waals surface area contributed by atoms with Gasteiger partial charge in [-0.25, -0.2) is 4.98 Å². The van der Waals surface area contributed by atoms with E-state index < -0.39 is 0 Å². The van der Waals surface area contributed by atoms with Crippen LogP contribution in [0.25, 0.3) is 11.1 Å². The Kier molecular flexibility index (Phi) is 4.96. The average Bonchev–Trinajstić information content (AvgIpc) is 2.68. The summed E-state index contributed by atoms with van der Waals surface area (Å²) in [7, 11) is 1.63. The van der Waals surface area contributed by atoms with Crippen LogP contribution in [-0.2, 0) is 6.42 Å². The van der Waals surface area contributed by atoms with Crippen LogP contribution in [0.2, 0.25) is 0 Å². The fourth-order valence-corrected chi connectivity index (χ4v) is 2.53. The van der Waals surface area contributed by atoms with Crippen molar-refractivity contribution in [1.29, 1.82) is 5.26 Å². The Morgan fingerprint density at radius 1 is 1.00 bits per heavy atom. The van der Waals surface area contributed by atoms with Crippen LogP contribution in [0, 0.1) is 11.3 Å². The number of hydrogen-bond acceptors (Lipinski definition) is 4. The van der Waals surface area contributed by atoms with Crippen molar-refractivity contribution in [2.75, 3.05) is 7.11 Å². The summed E-state index contributed by atoms with van der Waals surface area (Å²) in [6.45, 7) is 2.03. The summed E-state index contributed by atoms with van der Waals surface area (Å²) in [5.74, 6) is 1.76. The molecule has 0 fully saturated rings. The lowest BCUT2D eigenvalue weighted by Crippen LogP contribution is -1.99. The second-order valence-corrected chi connectivity index (χ2v) is 5.45. The van der Waals surface area contributed by atoms with Crippen molar-refractivity contribution < 1.29 is 9.47 Å². The summed E-state index contributed by atoms with van der Waals surface area (Å²) in [6.07, 6.45) is 0.750. The van der Waals surface area contributed by atoms with E-state index in [1.54, 1.807) is 7.11 Å². The third kappa shape index (κ3) is 3.61. The van der Waals surface area contributed by atoms with Gasteiger partial charge in [-0.05, 0) is 42.3 Å². The van der Waals surface area contributed by atoms with E-state index in [4.69, 9.17) is 9.47 Å². The van der Waals surface area contributed by atoms with Gasteiger partial charge in [0.25, 0.3) is 0 Å². The molecule has 4 nitrogen and oxygen atoms in total. The largest absolute Gasteiger partial charge is 0.497 e. The normalized spacial score (nSPS) is 10.1. The summed E-state index contributed by atoms with van der Waals surface area (Å²) in [4.78, 5) is 4.51. The Morgan fingerprint density at radius 2 is 1.72 bits per heavy atom. The van der Waals surface area contributed by atoms with Gasteiger partial charge in [0.15, 0.2) is 0 Å². The van der Waals surface area contributed by atoms with Crippen LogP contribution >= 0.6 is 0 Å². The van der Waals surface area contributed by atoms with Gasteiger partial charge in [0.2, 0.25) is 5.88 Å². The number of aromatic nitrogens is 1. The third-order valence-corrected chi connectivity index (χ3v) is 3.87. The molecule has 0 aliphatic heterocycles. The summed E-state index contributed by atoms with van der Waals surface area (Å²) in [5, 5.41) is 9.71. The van der Waals surface area contributed by atoms with E-state index in [0.717, 1.165) is 29.0 Å². The molecule has 0 atom stereocenters. The van der Waals surface area contributed by atoms with E-state index in [9.17, 15) is 5.26 Å². The number of aryl methyl sites for hydroxylation is 1. The molecule has 0 amide bonds. The van der Waals surface area contributed by atoms with Gasteiger partial charge in [-0.15, -0.1) is 0 Å². The number of hydrogen-bond donors (Lipinski definition) is 0. The molecule has 25 heavy (non-hydrogen) atoms. The second kappa shape index (κ2) is 7.50. The van der Waals surface area contributed by atoms with Crippen molar-refractivity contribution in [3.8, 4) is 34.6 Å². The highest BCUT2D eigenvalue weighted by molar-refractivity contribution is 5.73. The number of pyridine rings is 1. The van der Waals surface area contributed by atoms with Gasteiger partial charge in [-0.2, -0.15) is 5.26 Å². The first-order valence-electron chi connectivity index (χ1n) is 8.06. The van der Waals surface area contributed by atoms with E-state index >= 15 is 0 Å². The molecule has 1 aromatic heterocycles. The van der Waals surface area contributed by atoms with Crippen molar-refractivity contribution in [3.63, 3.8) is 0 Å². The van der Waals surface area contributed by atoms with E-state index in [0.29, 0.717) is 17.2 Å². The van der Waals surface area contributed by atoms with Crippen LogP contribution < -0.4 is 9.47 Å². The van der Waals surface area contributed by atoms with Gasteiger partial charge in [-0.3, -0.25) is 0 Å². The van der Waals surface area contributed by atoms with Gasteiger partial charge in [0.05, 0.1) is 7.11 Å². The SMILES string of the molecule is CCc1cc(-c2ccc(OC)cc2)c(C#N)c(Oc2ccccc2)n1. The number of nitriles is 1. The number of nitrogens with zero attached hydrogens (tertiary/aromatic N) is 2. The number of benzene rings is 2. The topological polar surface area (TPSA) is 55.1 Å². The zero-order chi connectivity index (χ0) is 17.6. The Morgan fingerprint density at radius 3 is 2.32 bits per heavy atom. The van der Waals surface area contributed by atoms with E-state index in [1.165, 1.54) is 0 Å². The molecule has 4 heteroatoms. The summed E-state index contributed by atoms with van der Waals surface area (Å²) in [6, 6.07) is 21.2. The molecule has 3 rings (SSSR count). The van der Waals surface area contributed by atoms with E-state index in [-0.39, 0.29) is 0 Å². The molecule has 0 radical (unpaired) electrons. The minimum absolute atomic E-state index is 0.332. The smallest absolute Gasteiger partial charge is 0.238 e. The lowest BCUT2D eigenvalue weighted by Gasteiger charge is -2.13. The molecule has 0 aliphatic rings. The number of methoxy groups -OCH3 is 1. The monoisotopic (exact) mass is 330 g/mol. The van der Waals surface area contributed by atoms with Gasteiger partial charge in [0, 0.05) is 11.3 Å². The molecule has 0 unspecified atom stereocenters. The fraction of sp³-hybridized carbons (Fsp3) is 0.143. The number of ether oxygens (including phenoxy) is 2. The molecule has 0 saturated carbocycles. The predicted octanol–water partition coefficient (Wildman–Crippen LogP) is 4.98. The lowest BCUT2D eigenvalue weighted by atomic mass is 10.00. The molecule has 124 valence electrons. The van der Waals surface area contributed by atoms with E-state index in [2.05, 4.69) is 11.1 Å². The number of rotatable bonds is 5. The predicted molar refractivity (Wildman–Crippen MR) is 96.8 cm³/mol. The molecule has 0 spiro atoms. The van der Waals surface area contributed by atoms with Crippen LogP contribution in [-0.4, -0.2) is 12.1 Å². The minimum atomic E-state index is 0.332. The molecule has 2 aromatic carbocycles. The molecule has 0 bridgehead atoms. The van der Waals surface area contributed by atoms with Gasteiger partial charge in [-0.1, -0.05) is 37.3 Å². The zero-order valence-electron chi connectivity index (χ0n) is 14.2. The maximum atomic E-state index is 9.71. The lowest BCUT2D eigenvalue weighted by molar-refractivity contribution is 0.415. The summed E-state index contributed by atoms with van der Waals surface area (Å²) < 4.78 is 11.1. The van der Waals surface area contributed by atoms with Crippen LogP contribution in [0.5, 0.6) is 17.4 Å². The highest BCUT2D eigenvalue weighted by atomic mass is 16.5. The highest BCUT2D eigenvalue weighted by Gasteiger charge is 2.16. The molecule has 3 aromatic rings. The quantitative estimate of drug-likeness (QED) is 0.662. The van der Waals surface area contributed by atoms with Crippen LogP contribution in [0.15, 0.2) is 60.7 Å². The van der Waals surface area contributed by atoms with Crippen molar-refractivity contribution in [3.05, 3.63) is 71.9 Å². The Bertz CT molecular complexity index is 898. The fourth-order valence-electron chi connectivity index (χ4n) is 2.53. The average molecular weight is 330 g/mol. The molecule has 1 heterocycles. The Labute approximate surface area is 147 Å². The van der Waals surface area contributed by atoms with Crippen LogP contribution in [0.3, 0.4) is 0 Å². The maximum absolute atomic E-state index is 9.71. The number of para-hydroxylation sites is 1. The summed E-state index contributed by atoms with van der Waals surface area (Å²) >= 11 is 0. The maximum Gasteiger partial charge on any atom is 0.238 e. The molecule has 0 aliphatic carbocycles. The second-order valence-electron chi connectivity index (χ2n) is 5.45. The molecule has 0 saturated heterocycles. The molecule has 0 N–H and O–H groups in total. The highest BCUT2D eigenvalue weighted by Crippen LogP contribution is 2.33. The first kappa shape index (κ1) is 16.5. The first-order chi connectivity index (χ1) is 12.2. The van der Waals surface area contributed by atoms with E-state index in [1.807, 2.05) is 67.6 Å². The van der Waals surface area contributed by atoms with Gasteiger partial charge < -0.3 is 9.47 Å². The van der Waals surface area contributed by atoms with Crippen molar-refractivity contribution in [2.45, 2.75) is 13.3 Å². The Balaban J connectivity index is 2.11. The summed E-state index contributed by atoms with van der Waals surface area (Å²) in [5.41, 5.74) is 3.03. The first-order valence-corrected chi connectivity index (χ1v) is 8.06. The van der Waals surface area contributed by atoms with Crippen molar-refractivity contribution in [1.82, 2.24) is 4.98 Å². The third-order valence-electron chi connectivity index (χ3n) is 3.87. The van der Waals surface area contributed by atoms with Crippen molar-refractivity contribution in [2.24, 2.45) is 0 Å². The van der Waals surface area contributed by atoms with Crippen LogP contribution in [0.4, 0.5) is 0 Å². The van der Waals surface area contributed by atoms with Crippen molar-refractivity contribution >= 4 is 0 Å². The van der Waals surface area contributed by atoms with Gasteiger partial charge in [0.1, 0.15) is 23.1 Å². The standard InChI is InChI=1S/C21H18N2O2/c1-3-16-13-19(15-9-11-17(24-2)12-10-15)20(14-22)21(23-16)25-18-7-5-4-6-8-18/h4-13H,3H2,1-2H3. The Hall–Kier alpha value is -3.32. The molecular weight excluding hydrogens is 312 g/mol.